The van der Waals surface area contributed by atoms with Crippen LogP contribution in [0.3, 0.4) is 0 Å². The molecule has 150 valence electrons. The normalized spacial score (nSPS) is 17.8. The zero-order valence-electron chi connectivity index (χ0n) is 15.8. The largest absolute Gasteiger partial charge is 0.465 e. The van der Waals surface area contributed by atoms with Gasteiger partial charge in [0, 0.05) is 17.6 Å². The molecule has 1 unspecified atom stereocenters. The predicted molar refractivity (Wildman–Crippen MR) is 111 cm³/mol. The van der Waals surface area contributed by atoms with E-state index in [9.17, 15) is 9.90 Å². The van der Waals surface area contributed by atoms with Crippen LogP contribution in [0.4, 0.5) is 4.79 Å². The molecule has 28 heavy (non-hydrogen) atoms. The first-order valence-electron chi connectivity index (χ1n) is 9.66. The summed E-state index contributed by atoms with van der Waals surface area (Å²) in [5.74, 6) is 0. The van der Waals surface area contributed by atoms with Gasteiger partial charge in [0.1, 0.15) is 6.10 Å². The van der Waals surface area contributed by atoms with E-state index in [1.807, 2.05) is 54.6 Å². The lowest BCUT2D eigenvalue weighted by molar-refractivity contribution is -0.192. The van der Waals surface area contributed by atoms with Gasteiger partial charge in [0.05, 0.1) is 6.54 Å². The van der Waals surface area contributed by atoms with Gasteiger partial charge in [-0.15, -0.1) is 0 Å². The van der Waals surface area contributed by atoms with Crippen LogP contribution in [0.15, 0.2) is 59.1 Å². The molecular weight excluding hydrogens is 422 g/mol. The SMILES string of the molecule is O=C(O)N(CCc1ccc(Br)cc1)C[C@@H](OC1CCCCO1)c1ccccc1. The number of ether oxygens (including phenoxy) is 2. The summed E-state index contributed by atoms with van der Waals surface area (Å²) in [7, 11) is 0. The van der Waals surface area contributed by atoms with Crippen molar-refractivity contribution in [1.29, 1.82) is 0 Å². The Morgan fingerprint density at radius 1 is 1.18 bits per heavy atom. The van der Waals surface area contributed by atoms with Gasteiger partial charge < -0.3 is 19.5 Å². The van der Waals surface area contributed by atoms with Crippen LogP contribution < -0.4 is 0 Å². The summed E-state index contributed by atoms with van der Waals surface area (Å²) in [4.78, 5) is 13.3. The van der Waals surface area contributed by atoms with Gasteiger partial charge in [0.25, 0.3) is 0 Å². The fourth-order valence-electron chi connectivity index (χ4n) is 3.28. The van der Waals surface area contributed by atoms with E-state index in [0.29, 0.717) is 19.6 Å². The lowest BCUT2D eigenvalue weighted by atomic mass is 10.1. The smallest absolute Gasteiger partial charge is 0.407 e. The van der Waals surface area contributed by atoms with E-state index >= 15 is 0 Å². The Kier molecular flexibility index (Phi) is 7.89. The Morgan fingerprint density at radius 3 is 2.57 bits per heavy atom. The molecule has 1 aliphatic heterocycles. The minimum atomic E-state index is -0.939. The molecule has 0 aromatic heterocycles. The van der Waals surface area contributed by atoms with Gasteiger partial charge in [-0.1, -0.05) is 58.4 Å². The minimum Gasteiger partial charge on any atom is -0.465 e. The molecule has 0 spiro atoms. The van der Waals surface area contributed by atoms with Gasteiger partial charge >= 0.3 is 6.09 Å². The maximum Gasteiger partial charge on any atom is 0.407 e. The molecule has 0 radical (unpaired) electrons. The first kappa shape index (κ1) is 20.8. The Balaban J connectivity index is 1.68. The molecule has 0 saturated carbocycles. The fraction of sp³-hybridized carbons (Fsp3) is 0.409. The molecule has 1 aliphatic rings. The van der Waals surface area contributed by atoms with Crippen LogP contribution in [0.5, 0.6) is 0 Å². The average Bonchev–Trinajstić information content (AvgIpc) is 2.72. The number of carboxylic acid groups (broad SMARTS) is 1. The van der Waals surface area contributed by atoms with Crippen molar-refractivity contribution < 1.29 is 19.4 Å². The highest BCUT2D eigenvalue weighted by Crippen LogP contribution is 2.25. The van der Waals surface area contributed by atoms with E-state index < -0.39 is 6.09 Å². The molecule has 1 saturated heterocycles. The first-order valence-corrected chi connectivity index (χ1v) is 10.5. The van der Waals surface area contributed by atoms with Crippen molar-refractivity contribution in [1.82, 2.24) is 4.90 Å². The van der Waals surface area contributed by atoms with Crippen LogP contribution in [-0.4, -0.2) is 42.1 Å². The summed E-state index contributed by atoms with van der Waals surface area (Å²) in [6, 6.07) is 17.7. The molecule has 3 rings (SSSR count). The van der Waals surface area contributed by atoms with E-state index in [0.717, 1.165) is 34.9 Å². The Morgan fingerprint density at radius 2 is 1.93 bits per heavy atom. The summed E-state index contributed by atoms with van der Waals surface area (Å²) in [5.41, 5.74) is 2.06. The Bertz CT molecular complexity index is 732. The second-order valence-corrected chi connectivity index (χ2v) is 7.85. The summed E-state index contributed by atoms with van der Waals surface area (Å²) in [6.07, 6.45) is 2.04. The zero-order chi connectivity index (χ0) is 19.8. The third-order valence-corrected chi connectivity index (χ3v) is 5.39. The molecule has 5 nitrogen and oxygen atoms in total. The zero-order valence-corrected chi connectivity index (χ0v) is 17.4. The van der Waals surface area contributed by atoms with Crippen LogP contribution >= 0.6 is 15.9 Å². The number of benzene rings is 2. The Hall–Kier alpha value is -1.89. The predicted octanol–water partition coefficient (Wildman–Crippen LogP) is 5.26. The summed E-state index contributed by atoms with van der Waals surface area (Å²) >= 11 is 3.42. The number of hydrogen-bond donors (Lipinski definition) is 1. The van der Waals surface area contributed by atoms with E-state index in [2.05, 4.69) is 15.9 Å². The molecule has 2 aromatic rings. The lowest BCUT2D eigenvalue weighted by Crippen LogP contribution is -2.37. The standard InChI is InChI=1S/C22H26BrNO4/c23-19-11-9-17(10-12-19)13-14-24(22(25)26)16-20(18-6-2-1-3-7-18)28-21-8-4-5-15-27-21/h1-3,6-7,9-12,20-21H,4-5,8,13-16H2,(H,25,26)/t20-,21?/m1/s1. The van der Waals surface area contributed by atoms with Gasteiger partial charge in [0.15, 0.2) is 6.29 Å². The number of rotatable bonds is 8. The summed E-state index contributed by atoms with van der Waals surface area (Å²) in [6.45, 7) is 1.38. The topological polar surface area (TPSA) is 59.0 Å². The van der Waals surface area contributed by atoms with E-state index in [1.54, 1.807) is 0 Å². The molecule has 6 heteroatoms. The van der Waals surface area contributed by atoms with Crippen molar-refractivity contribution in [3.63, 3.8) is 0 Å². The minimum absolute atomic E-state index is 0.274. The number of nitrogens with zero attached hydrogens (tertiary/aromatic N) is 1. The van der Waals surface area contributed by atoms with Crippen molar-refractivity contribution in [2.75, 3.05) is 19.7 Å². The molecule has 0 aliphatic carbocycles. The monoisotopic (exact) mass is 447 g/mol. The molecule has 1 N–H and O–H groups in total. The van der Waals surface area contributed by atoms with Gasteiger partial charge in [-0.2, -0.15) is 0 Å². The van der Waals surface area contributed by atoms with Crippen LogP contribution in [0.2, 0.25) is 0 Å². The van der Waals surface area contributed by atoms with Gasteiger partial charge in [0.2, 0.25) is 0 Å². The molecule has 2 atom stereocenters. The van der Waals surface area contributed by atoms with Gasteiger partial charge in [-0.3, -0.25) is 0 Å². The highest BCUT2D eigenvalue weighted by atomic mass is 79.9. The van der Waals surface area contributed by atoms with Crippen molar-refractivity contribution >= 4 is 22.0 Å². The summed E-state index contributed by atoms with van der Waals surface area (Å²) in [5, 5.41) is 9.73. The molecular formula is C22H26BrNO4. The molecule has 1 amide bonds. The molecule has 0 bridgehead atoms. The highest BCUT2D eigenvalue weighted by molar-refractivity contribution is 9.10. The molecule has 1 heterocycles. The van der Waals surface area contributed by atoms with Crippen molar-refractivity contribution in [3.05, 3.63) is 70.2 Å². The van der Waals surface area contributed by atoms with E-state index in [4.69, 9.17) is 9.47 Å². The van der Waals surface area contributed by atoms with Crippen LogP contribution in [0.25, 0.3) is 0 Å². The number of halogens is 1. The van der Waals surface area contributed by atoms with Crippen LogP contribution in [0, 0.1) is 0 Å². The maximum absolute atomic E-state index is 11.9. The third-order valence-electron chi connectivity index (χ3n) is 4.87. The number of hydrogen-bond acceptors (Lipinski definition) is 3. The van der Waals surface area contributed by atoms with Crippen LogP contribution in [-0.2, 0) is 15.9 Å². The third kappa shape index (κ3) is 6.33. The maximum atomic E-state index is 11.9. The van der Waals surface area contributed by atoms with E-state index in [1.165, 1.54) is 4.90 Å². The molecule has 1 fully saturated rings. The van der Waals surface area contributed by atoms with E-state index in [-0.39, 0.29) is 18.9 Å². The van der Waals surface area contributed by atoms with Crippen molar-refractivity contribution in [3.8, 4) is 0 Å². The number of carbonyl (C=O) groups is 1. The second-order valence-electron chi connectivity index (χ2n) is 6.94. The summed E-state index contributed by atoms with van der Waals surface area (Å²) < 4.78 is 12.9. The van der Waals surface area contributed by atoms with Gasteiger partial charge in [-0.25, -0.2) is 4.79 Å². The van der Waals surface area contributed by atoms with Gasteiger partial charge in [-0.05, 0) is 48.9 Å². The van der Waals surface area contributed by atoms with Crippen molar-refractivity contribution in [2.24, 2.45) is 0 Å². The quantitative estimate of drug-likeness (QED) is 0.599. The van der Waals surface area contributed by atoms with Crippen LogP contribution in [0.1, 0.15) is 36.5 Å². The van der Waals surface area contributed by atoms with Crippen molar-refractivity contribution in [2.45, 2.75) is 38.1 Å². The second kappa shape index (κ2) is 10.6. The average molecular weight is 448 g/mol. The Labute approximate surface area is 174 Å². The first-order chi connectivity index (χ1) is 13.6. The fourth-order valence-corrected chi connectivity index (χ4v) is 3.54. The number of amides is 1. The highest BCUT2D eigenvalue weighted by Gasteiger charge is 2.25. The molecule has 2 aromatic carbocycles. The lowest BCUT2D eigenvalue weighted by Gasteiger charge is -2.31.